The Morgan fingerprint density at radius 3 is 2.50 bits per heavy atom. The van der Waals surface area contributed by atoms with Crippen molar-refractivity contribution in [3.05, 3.63) is 45.7 Å². The van der Waals surface area contributed by atoms with Crippen molar-refractivity contribution < 1.29 is 9.53 Å². The first-order valence-electron chi connectivity index (χ1n) is 10.1. The fourth-order valence-electron chi connectivity index (χ4n) is 3.54. The molecule has 0 saturated carbocycles. The normalized spacial score (nSPS) is 14.6. The third-order valence-electron chi connectivity index (χ3n) is 5.28. The van der Waals surface area contributed by atoms with Crippen LogP contribution in [-0.4, -0.2) is 72.1 Å². The molecule has 1 aromatic heterocycles. The van der Waals surface area contributed by atoms with Gasteiger partial charge in [-0.25, -0.2) is 9.97 Å². The number of methoxy groups -OCH3 is 1. The summed E-state index contributed by atoms with van der Waals surface area (Å²) in [5.41, 5.74) is 1.30. The van der Waals surface area contributed by atoms with E-state index in [1.165, 1.54) is 6.20 Å². The molecule has 1 aliphatic rings. The van der Waals surface area contributed by atoms with Gasteiger partial charge in [0.25, 0.3) is 5.91 Å². The molecule has 0 atom stereocenters. The Morgan fingerprint density at radius 2 is 1.87 bits per heavy atom. The van der Waals surface area contributed by atoms with Crippen molar-refractivity contribution in [2.75, 3.05) is 51.3 Å². The third-order valence-corrected chi connectivity index (χ3v) is 5.79. The second-order valence-electron chi connectivity index (χ2n) is 7.06. The number of amides is 1. The summed E-state index contributed by atoms with van der Waals surface area (Å²) in [7, 11) is 1.65. The Labute approximate surface area is 187 Å². The monoisotopic (exact) mass is 451 g/mol. The summed E-state index contributed by atoms with van der Waals surface area (Å²) in [5, 5.41) is 0.962. The molecular weight excluding hydrogens is 425 g/mol. The minimum atomic E-state index is -0.157. The first-order chi connectivity index (χ1) is 14.5. The number of benzene rings is 1. The van der Waals surface area contributed by atoms with Gasteiger partial charge in [0.15, 0.2) is 5.69 Å². The van der Waals surface area contributed by atoms with Crippen LogP contribution in [0.2, 0.25) is 10.0 Å². The predicted octanol–water partition coefficient (Wildman–Crippen LogP) is 3.60. The summed E-state index contributed by atoms with van der Waals surface area (Å²) in [4.78, 5) is 27.9. The highest BCUT2D eigenvalue weighted by Crippen LogP contribution is 2.25. The highest BCUT2D eigenvalue weighted by atomic mass is 35.5. The quantitative estimate of drug-likeness (QED) is 0.640. The van der Waals surface area contributed by atoms with Gasteiger partial charge in [-0.2, -0.15) is 0 Å². The number of aromatic nitrogens is 2. The molecule has 1 fully saturated rings. The Kier molecular flexibility index (Phi) is 7.75. The van der Waals surface area contributed by atoms with Crippen LogP contribution in [0.25, 0.3) is 0 Å². The number of piperazine rings is 1. The van der Waals surface area contributed by atoms with Crippen LogP contribution in [0, 0.1) is 0 Å². The molecule has 9 heteroatoms. The van der Waals surface area contributed by atoms with Crippen molar-refractivity contribution in [2.24, 2.45) is 0 Å². The van der Waals surface area contributed by atoms with E-state index in [9.17, 15) is 4.79 Å². The molecule has 0 N–H and O–H groups in total. The van der Waals surface area contributed by atoms with Gasteiger partial charge >= 0.3 is 0 Å². The number of rotatable bonds is 7. The molecule has 30 heavy (non-hydrogen) atoms. The lowest BCUT2D eigenvalue weighted by Crippen LogP contribution is -2.48. The molecule has 0 aliphatic carbocycles. The number of hydrogen-bond acceptors (Lipinski definition) is 6. The SMILES string of the molecule is CCN(CC)c1ncc(Cl)c(C(=O)N2CCN(Cc3cc(Cl)ccc3OC)CC2)n1. The molecule has 2 heterocycles. The number of anilines is 1. The maximum Gasteiger partial charge on any atom is 0.274 e. The van der Waals surface area contributed by atoms with E-state index in [-0.39, 0.29) is 16.6 Å². The van der Waals surface area contributed by atoms with Gasteiger partial charge in [0, 0.05) is 56.4 Å². The van der Waals surface area contributed by atoms with Crippen molar-refractivity contribution in [2.45, 2.75) is 20.4 Å². The van der Waals surface area contributed by atoms with Crippen LogP contribution in [0.15, 0.2) is 24.4 Å². The Hall–Kier alpha value is -2.09. The summed E-state index contributed by atoms with van der Waals surface area (Å²) in [6.45, 7) is 8.97. The van der Waals surface area contributed by atoms with E-state index in [4.69, 9.17) is 27.9 Å². The van der Waals surface area contributed by atoms with Crippen LogP contribution in [0.1, 0.15) is 29.9 Å². The first kappa shape index (κ1) is 22.6. The molecule has 1 saturated heterocycles. The minimum absolute atomic E-state index is 0.157. The van der Waals surface area contributed by atoms with Gasteiger partial charge in [0.1, 0.15) is 5.75 Å². The third kappa shape index (κ3) is 5.14. The number of nitrogens with zero attached hydrogens (tertiary/aromatic N) is 5. The van der Waals surface area contributed by atoms with Crippen LogP contribution in [0.4, 0.5) is 5.95 Å². The minimum Gasteiger partial charge on any atom is -0.496 e. The molecule has 1 aromatic carbocycles. The van der Waals surface area contributed by atoms with Gasteiger partial charge in [-0.1, -0.05) is 23.2 Å². The van der Waals surface area contributed by atoms with E-state index in [1.807, 2.05) is 36.9 Å². The fourth-order valence-corrected chi connectivity index (χ4v) is 3.90. The molecule has 0 spiro atoms. The number of carbonyl (C=O) groups is 1. The number of ether oxygens (including phenoxy) is 1. The topological polar surface area (TPSA) is 61.8 Å². The molecule has 0 radical (unpaired) electrons. The number of hydrogen-bond donors (Lipinski definition) is 0. The Morgan fingerprint density at radius 1 is 1.17 bits per heavy atom. The highest BCUT2D eigenvalue weighted by molar-refractivity contribution is 6.33. The highest BCUT2D eigenvalue weighted by Gasteiger charge is 2.26. The van der Waals surface area contributed by atoms with Gasteiger partial charge < -0.3 is 14.5 Å². The molecule has 0 bridgehead atoms. The molecule has 162 valence electrons. The van der Waals surface area contributed by atoms with Crippen LogP contribution < -0.4 is 9.64 Å². The van der Waals surface area contributed by atoms with Gasteiger partial charge in [-0.05, 0) is 32.0 Å². The molecular formula is C21H27Cl2N5O2. The Bertz CT molecular complexity index is 884. The molecule has 0 unspecified atom stereocenters. The summed E-state index contributed by atoms with van der Waals surface area (Å²) in [6, 6.07) is 5.62. The zero-order valence-electron chi connectivity index (χ0n) is 17.6. The van der Waals surface area contributed by atoms with Gasteiger partial charge in [-0.3, -0.25) is 9.69 Å². The van der Waals surface area contributed by atoms with E-state index < -0.39 is 0 Å². The average Bonchev–Trinajstić information content (AvgIpc) is 2.76. The van der Waals surface area contributed by atoms with Crippen molar-refractivity contribution >= 4 is 35.1 Å². The zero-order valence-corrected chi connectivity index (χ0v) is 19.1. The molecule has 7 nitrogen and oxygen atoms in total. The zero-order chi connectivity index (χ0) is 21.7. The van der Waals surface area contributed by atoms with Crippen molar-refractivity contribution in [1.82, 2.24) is 19.8 Å². The van der Waals surface area contributed by atoms with E-state index >= 15 is 0 Å². The lowest BCUT2D eigenvalue weighted by Gasteiger charge is -2.35. The molecule has 2 aromatic rings. The second kappa shape index (κ2) is 10.3. The van der Waals surface area contributed by atoms with Crippen LogP contribution in [0.3, 0.4) is 0 Å². The standard InChI is InChI=1S/C21H27Cl2N5O2/c1-4-27(5-2)21-24-13-17(23)19(25-21)20(29)28-10-8-26(9-11-28)14-15-12-16(22)6-7-18(15)30-3/h6-7,12-13H,4-5,8-11,14H2,1-3H3. The van der Waals surface area contributed by atoms with E-state index in [1.54, 1.807) is 12.0 Å². The second-order valence-corrected chi connectivity index (χ2v) is 7.91. The van der Waals surface area contributed by atoms with Gasteiger partial charge in [-0.15, -0.1) is 0 Å². The fraction of sp³-hybridized carbons (Fsp3) is 0.476. The van der Waals surface area contributed by atoms with Crippen LogP contribution in [-0.2, 0) is 6.54 Å². The number of carbonyl (C=O) groups excluding carboxylic acids is 1. The summed E-state index contributed by atoms with van der Waals surface area (Å²) >= 11 is 12.4. The van der Waals surface area contributed by atoms with Crippen molar-refractivity contribution in [1.29, 1.82) is 0 Å². The summed E-state index contributed by atoms with van der Waals surface area (Å²) < 4.78 is 5.44. The average molecular weight is 452 g/mol. The molecule has 3 rings (SSSR count). The van der Waals surface area contributed by atoms with Crippen molar-refractivity contribution in [3.8, 4) is 5.75 Å². The predicted molar refractivity (Wildman–Crippen MR) is 120 cm³/mol. The van der Waals surface area contributed by atoms with E-state index in [0.29, 0.717) is 30.6 Å². The lowest BCUT2D eigenvalue weighted by molar-refractivity contribution is 0.0622. The van der Waals surface area contributed by atoms with Crippen LogP contribution in [0.5, 0.6) is 5.75 Å². The van der Waals surface area contributed by atoms with Gasteiger partial charge in [0.2, 0.25) is 5.95 Å². The Balaban J connectivity index is 1.66. The largest absolute Gasteiger partial charge is 0.496 e. The maximum absolute atomic E-state index is 13.1. The first-order valence-corrected chi connectivity index (χ1v) is 10.8. The lowest BCUT2D eigenvalue weighted by atomic mass is 10.1. The smallest absolute Gasteiger partial charge is 0.274 e. The maximum atomic E-state index is 13.1. The number of halogens is 2. The molecule has 1 amide bonds. The summed E-state index contributed by atoms with van der Waals surface area (Å²) in [6.07, 6.45) is 1.51. The van der Waals surface area contributed by atoms with Gasteiger partial charge in [0.05, 0.1) is 18.3 Å². The summed E-state index contributed by atoms with van der Waals surface area (Å²) in [5.74, 6) is 1.19. The van der Waals surface area contributed by atoms with Crippen molar-refractivity contribution in [3.63, 3.8) is 0 Å². The van der Waals surface area contributed by atoms with E-state index in [2.05, 4.69) is 14.9 Å². The van der Waals surface area contributed by atoms with Crippen LogP contribution >= 0.6 is 23.2 Å². The van der Waals surface area contributed by atoms with E-state index in [0.717, 1.165) is 37.5 Å². The molecule has 1 aliphatic heterocycles.